The Hall–Kier alpha value is -1.81. The molecule has 2 heterocycles. The Morgan fingerprint density at radius 2 is 2.09 bits per heavy atom. The van der Waals surface area contributed by atoms with Crippen molar-refractivity contribution in [2.24, 2.45) is 0 Å². The molecular formula is C19H23NO2S. The number of hydrogen-bond donors (Lipinski definition) is 0. The highest BCUT2D eigenvalue weighted by Gasteiger charge is 2.30. The number of carbonyl (C=O) groups excluding carboxylic acids is 1. The van der Waals surface area contributed by atoms with Gasteiger partial charge in [0.15, 0.2) is 6.61 Å². The Labute approximate surface area is 141 Å². The predicted molar refractivity (Wildman–Crippen MR) is 94.0 cm³/mol. The molecule has 1 aliphatic heterocycles. The Balaban J connectivity index is 1.58. The molecule has 3 rings (SSSR count). The van der Waals surface area contributed by atoms with Gasteiger partial charge in [0.25, 0.3) is 5.91 Å². The Bertz CT molecular complexity index is 634. The highest BCUT2D eigenvalue weighted by Crippen LogP contribution is 2.34. The Morgan fingerprint density at radius 3 is 2.74 bits per heavy atom. The molecule has 0 bridgehead atoms. The van der Waals surface area contributed by atoms with Crippen molar-refractivity contribution in [2.75, 3.05) is 13.2 Å². The van der Waals surface area contributed by atoms with Crippen LogP contribution in [0.15, 0.2) is 41.8 Å². The third kappa shape index (κ3) is 3.75. The summed E-state index contributed by atoms with van der Waals surface area (Å²) >= 11 is 1.73. The number of carbonyl (C=O) groups is 1. The standard InChI is InChI=1S/C19H23NO2S/c1-14(2)15-7-9-16(10-8-15)22-13-19(21)20-11-3-5-17(20)18-6-4-12-23-18/h4,6-10,12,14,17H,3,5,11,13H2,1-2H3. The summed E-state index contributed by atoms with van der Waals surface area (Å²) in [4.78, 5) is 15.7. The van der Waals surface area contributed by atoms with Crippen molar-refractivity contribution in [3.63, 3.8) is 0 Å². The van der Waals surface area contributed by atoms with Crippen LogP contribution in [0.2, 0.25) is 0 Å². The highest BCUT2D eigenvalue weighted by atomic mass is 32.1. The van der Waals surface area contributed by atoms with Crippen LogP contribution in [0.4, 0.5) is 0 Å². The van der Waals surface area contributed by atoms with Crippen LogP contribution < -0.4 is 4.74 Å². The lowest BCUT2D eigenvalue weighted by Gasteiger charge is -2.24. The molecule has 1 fully saturated rings. The first-order valence-electron chi connectivity index (χ1n) is 8.21. The number of likely N-dealkylation sites (tertiary alicyclic amines) is 1. The molecule has 1 aliphatic rings. The largest absolute Gasteiger partial charge is 0.484 e. The molecule has 0 radical (unpaired) electrons. The number of rotatable bonds is 5. The van der Waals surface area contributed by atoms with E-state index in [2.05, 4.69) is 37.4 Å². The average Bonchev–Trinajstić information content (AvgIpc) is 3.23. The molecule has 0 N–H and O–H groups in total. The van der Waals surface area contributed by atoms with Gasteiger partial charge >= 0.3 is 0 Å². The minimum atomic E-state index is 0.0776. The molecular weight excluding hydrogens is 306 g/mol. The molecule has 1 unspecified atom stereocenters. The van der Waals surface area contributed by atoms with Crippen LogP contribution in [0.25, 0.3) is 0 Å². The van der Waals surface area contributed by atoms with E-state index in [0.29, 0.717) is 5.92 Å². The van der Waals surface area contributed by atoms with Gasteiger partial charge < -0.3 is 9.64 Å². The van der Waals surface area contributed by atoms with E-state index in [1.807, 2.05) is 23.1 Å². The molecule has 2 aromatic rings. The van der Waals surface area contributed by atoms with Crippen LogP contribution in [0.1, 0.15) is 49.1 Å². The Kier molecular flexibility index (Phi) is 5.01. The minimum absolute atomic E-state index is 0.0776. The van der Waals surface area contributed by atoms with E-state index < -0.39 is 0 Å². The first-order valence-corrected chi connectivity index (χ1v) is 9.08. The number of thiophene rings is 1. The second kappa shape index (κ2) is 7.18. The van der Waals surface area contributed by atoms with Gasteiger partial charge in [-0.15, -0.1) is 11.3 Å². The van der Waals surface area contributed by atoms with E-state index in [0.717, 1.165) is 25.1 Å². The minimum Gasteiger partial charge on any atom is -0.484 e. The lowest BCUT2D eigenvalue weighted by molar-refractivity contribution is -0.134. The predicted octanol–water partition coefficient (Wildman–Crippen LogP) is 4.61. The van der Waals surface area contributed by atoms with Crippen molar-refractivity contribution in [2.45, 2.75) is 38.6 Å². The van der Waals surface area contributed by atoms with Crippen LogP contribution in [-0.2, 0) is 4.79 Å². The number of ether oxygens (including phenoxy) is 1. The molecule has 23 heavy (non-hydrogen) atoms. The lowest BCUT2D eigenvalue weighted by Crippen LogP contribution is -2.34. The summed E-state index contributed by atoms with van der Waals surface area (Å²) in [5.41, 5.74) is 1.28. The van der Waals surface area contributed by atoms with Crippen molar-refractivity contribution >= 4 is 17.2 Å². The molecule has 1 atom stereocenters. The van der Waals surface area contributed by atoms with Crippen molar-refractivity contribution < 1.29 is 9.53 Å². The fourth-order valence-corrected chi connectivity index (χ4v) is 3.89. The Morgan fingerprint density at radius 1 is 1.30 bits per heavy atom. The molecule has 1 saturated heterocycles. The highest BCUT2D eigenvalue weighted by molar-refractivity contribution is 7.10. The van der Waals surface area contributed by atoms with E-state index in [-0.39, 0.29) is 18.6 Å². The van der Waals surface area contributed by atoms with Gasteiger partial charge in [-0.3, -0.25) is 4.79 Å². The average molecular weight is 329 g/mol. The summed E-state index contributed by atoms with van der Waals surface area (Å²) in [5, 5.41) is 2.07. The van der Waals surface area contributed by atoms with E-state index >= 15 is 0 Å². The summed E-state index contributed by atoms with van der Waals surface area (Å²) in [6.07, 6.45) is 2.12. The monoisotopic (exact) mass is 329 g/mol. The molecule has 122 valence electrons. The van der Waals surface area contributed by atoms with Gasteiger partial charge in [0.2, 0.25) is 0 Å². The van der Waals surface area contributed by atoms with Gasteiger partial charge in [-0.2, -0.15) is 0 Å². The lowest BCUT2D eigenvalue weighted by atomic mass is 10.0. The van der Waals surface area contributed by atoms with Gasteiger partial charge in [-0.1, -0.05) is 32.0 Å². The second-order valence-electron chi connectivity index (χ2n) is 6.27. The molecule has 0 spiro atoms. The maximum Gasteiger partial charge on any atom is 0.261 e. The van der Waals surface area contributed by atoms with Crippen LogP contribution in [0, 0.1) is 0 Å². The molecule has 1 aromatic heterocycles. The SMILES string of the molecule is CC(C)c1ccc(OCC(=O)N2CCCC2c2cccs2)cc1. The number of benzene rings is 1. The van der Waals surface area contributed by atoms with E-state index in [4.69, 9.17) is 4.74 Å². The quantitative estimate of drug-likeness (QED) is 0.801. The van der Waals surface area contributed by atoms with Gasteiger partial charge in [0.1, 0.15) is 5.75 Å². The zero-order valence-electron chi connectivity index (χ0n) is 13.7. The topological polar surface area (TPSA) is 29.5 Å². The summed E-state index contributed by atoms with van der Waals surface area (Å²) in [6.45, 7) is 5.27. The zero-order valence-corrected chi connectivity index (χ0v) is 14.5. The van der Waals surface area contributed by atoms with E-state index in [1.165, 1.54) is 10.4 Å². The third-order valence-corrected chi connectivity index (χ3v) is 5.33. The zero-order chi connectivity index (χ0) is 16.2. The van der Waals surface area contributed by atoms with Gasteiger partial charge in [0, 0.05) is 11.4 Å². The number of hydrogen-bond acceptors (Lipinski definition) is 3. The van der Waals surface area contributed by atoms with Gasteiger partial charge in [-0.05, 0) is 47.9 Å². The second-order valence-corrected chi connectivity index (χ2v) is 7.25. The molecule has 4 heteroatoms. The van der Waals surface area contributed by atoms with E-state index in [9.17, 15) is 4.79 Å². The van der Waals surface area contributed by atoms with Crippen molar-refractivity contribution in [3.05, 3.63) is 52.2 Å². The van der Waals surface area contributed by atoms with Gasteiger partial charge in [0.05, 0.1) is 6.04 Å². The third-order valence-electron chi connectivity index (χ3n) is 4.35. The first-order chi connectivity index (χ1) is 11.1. The van der Waals surface area contributed by atoms with Crippen molar-refractivity contribution in [1.82, 2.24) is 4.90 Å². The van der Waals surface area contributed by atoms with Crippen LogP contribution in [0.5, 0.6) is 5.75 Å². The van der Waals surface area contributed by atoms with Gasteiger partial charge in [-0.25, -0.2) is 0 Å². The molecule has 0 saturated carbocycles. The van der Waals surface area contributed by atoms with Crippen LogP contribution in [0.3, 0.4) is 0 Å². The maximum absolute atomic E-state index is 12.5. The van der Waals surface area contributed by atoms with E-state index in [1.54, 1.807) is 11.3 Å². The molecule has 1 amide bonds. The number of amides is 1. The summed E-state index contributed by atoms with van der Waals surface area (Å²) in [7, 11) is 0. The summed E-state index contributed by atoms with van der Waals surface area (Å²) in [5.74, 6) is 1.34. The fraction of sp³-hybridized carbons (Fsp3) is 0.421. The fourth-order valence-electron chi connectivity index (χ4n) is 3.02. The molecule has 1 aromatic carbocycles. The smallest absolute Gasteiger partial charge is 0.261 e. The van der Waals surface area contributed by atoms with Crippen LogP contribution >= 0.6 is 11.3 Å². The van der Waals surface area contributed by atoms with Crippen LogP contribution in [-0.4, -0.2) is 24.0 Å². The summed E-state index contributed by atoms with van der Waals surface area (Å²) < 4.78 is 5.69. The van der Waals surface area contributed by atoms with Crippen molar-refractivity contribution in [3.8, 4) is 5.75 Å². The molecule has 0 aliphatic carbocycles. The van der Waals surface area contributed by atoms with Crippen molar-refractivity contribution in [1.29, 1.82) is 0 Å². The number of nitrogens with zero attached hydrogens (tertiary/aromatic N) is 1. The normalized spacial score (nSPS) is 17.7. The molecule has 3 nitrogen and oxygen atoms in total. The maximum atomic E-state index is 12.5. The first kappa shape index (κ1) is 16.1. The summed E-state index contributed by atoms with van der Waals surface area (Å²) in [6, 6.07) is 12.4.